The standard InChI is InChI=1S/C18H28BrN3O4S/c1-4-15-13-26-10-7-22(15)17-12-14(11-16(19)20-17)18(5-8-25-9-6-18)27(23,24)21(2)3/h11-12,15H,4-10,13H2,1-3H3/t15-/m0/s1. The molecule has 2 fully saturated rings. The summed E-state index contributed by atoms with van der Waals surface area (Å²) < 4.78 is 38.7. The van der Waals surface area contributed by atoms with Crippen LogP contribution in [0, 0.1) is 0 Å². The van der Waals surface area contributed by atoms with E-state index in [0.29, 0.717) is 43.9 Å². The fourth-order valence-corrected chi connectivity index (χ4v) is 6.16. The predicted octanol–water partition coefficient (Wildman–Crippen LogP) is 2.36. The van der Waals surface area contributed by atoms with Gasteiger partial charge in [0.05, 0.1) is 19.3 Å². The van der Waals surface area contributed by atoms with Crippen molar-refractivity contribution < 1.29 is 17.9 Å². The van der Waals surface area contributed by atoms with Gasteiger partial charge in [0.2, 0.25) is 10.0 Å². The molecule has 7 nitrogen and oxygen atoms in total. The van der Waals surface area contributed by atoms with Crippen LogP contribution in [-0.2, 0) is 24.2 Å². The third-order valence-corrected chi connectivity index (χ3v) is 8.57. The molecule has 1 aromatic heterocycles. The highest BCUT2D eigenvalue weighted by Crippen LogP contribution is 2.43. The maximum absolute atomic E-state index is 13.3. The molecule has 0 spiro atoms. The maximum atomic E-state index is 13.3. The number of halogens is 1. The van der Waals surface area contributed by atoms with Gasteiger partial charge >= 0.3 is 0 Å². The lowest BCUT2D eigenvalue weighted by Gasteiger charge is -2.40. The van der Waals surface area contributed by atoms with E-state index in [1.165, 1.54) is 4.31 Å². The van der Waals surface area contributed by atoms with Crippen LogP contribution in [0.1, 0.15) is 31.7 Å². The van der Waals surface area contributed by atoms with Gasteiger partial charge in [0, 0.05) is 33.9 Å². The molecule has 0 radical (unpaired) electrons. The fourth-order valence-electron chi connectivity index (χ4n) is 3.93. The van der Waals surface area contributed by atoms with E-state index in [2.05, 4.69) is 32.7 Å². The Kier molecular flexibility index (Phi) is 6.47. The predicted molar refractivity (Wildman–Crippen MR) is 109 cm³/mol. The van der Waals surface area contributed by atoms with Gasteiger partial charge in [-0.1, -0.05) is 6.92 Å². The zero-order chi connectivity index (χ0) is 19.7. The van der Waals surface area contributed by atoms with Crippen LogP contribution in [0.5, 0.6) is 0 Å². The van der Waals surface area contributed by atoms with Crippen molar-refractivity contribution in [3.63, 3.8) is 0 Å². The van der Waals surface area contributed by atoms with Crippen LogP contribution >= 0.6 is 15.9 Å². The van der Waals surface area contributed by atoms with E-state index in [0.717, 1.165) is 24.3 Å². The highest BCUT2D eigenvalue weighted by molar-refractivity contribution is 9.10. The third kappa shape index (κ3) is 3.89. The molecule has 0 aliphatic carbocycles. The van der Waals surface area contributed by atoms with Gasteiger partial charge in [0.1, 0.15) is 15.2 Å². The lowest BCUT2D eigenvalue weighted by atomic mass is 9.91. The second-order valence-corrected chi connectivity index (χ2v) is 10.5. The minimum absolute atomic E-state index is 0.240. The maximum Gasteiger partial charge on any atom is 0.223 e. The number of hydrogen-bond acceptors (Lipinski definition) is 6. The van der Waals surface area contributed by atoms with Crippen molar-refractivity contribution in [2.45, 2.75) is 37.0 Å². The number of sulfonamides is 1. The van der Waals surface area contributed by atoms with Gasteiger partial charge < -0.3 is 14.4 Å². The smallest absolute Gasteiger partial charge is 0.223 e. The minimum Gasteiger partial charge on any atom is -0.381 e. The van der Waals surface area contributed by atoms with Gasteiger partial charge in [-0.3, -0.25) is 0 Å². The average molecular weight is 462 g/mol. The number of rotatable bonds is 5. The molecule has 1 atom stereocenters. The molecule has 0 aromatic carbocycles. The van der Waals surface area contributed by atoms with E-state index in [-0.39, 0.29) is 6.04 Å². The Morgan fingerprint density at radius 1 is 1.26 bits per heavy atom. The first-order valence-electron chi connectivity index (χ1n) is 9.34. The first-order valence-corrected chi connectivity index (χ1v) is 11.6. The van der Waals surface area contributed by atoms with Crippen molar-refractivity contribution >= 4 is 31.8 Å². The Hall–Kier alpha value is -0.740. The summed E-state index contributed by atoms with van der Waals surface area (Å²) in [5.74, 6) is 0.800. The molecule has 2 aliphatic heterocycles. The van der Waals surface area contributed by atoms with Crippen LogP contribution in [0.2, 0.25) is 0 Å². The summed E-state index contributed by atoms with van der Waals surface area (Å²) in [6, 6.07) is 4.03. The molecule has 3 heterocycles. The van der Waals surface area contributed by atoms with Crippen LogP contribution in [0.4, 0.5) is 5.82 Å². The first-order chi connectivity index (χ1) is 12.8. The number of hydrogen-bond donors (Lipinski definition) is 0. The molecule has 2 aliphatic rings. The highest BCUT2D eigenvalue weighted by Gasteiger charge is 2.48. The summed E-state index contributed by atoms with van der Waals surface area (Å²) in [4.78, 5) is 6.89. The van der Waals surface area contributed by atoms with Crippen LogP contribution in [0.15, 0.2) is 16.7 Å². The van der Waals surface area contributed by atoms with E-state index < -0.39 is 14.8 Å². The number of nitrogens with zero attached hydrogens (tertiary/aromatic N) is 3. The SMILES string of the molecule is CC[C@H]1COCCN1c1cc(C2(S(=O)(=O)N(C)C)CCOCC2)cc(Br)n1. The zero-order valence-corrected chi connectivity index (χ0v) is 18.6. The van der Waals surface area contributed by atoms with Crippen molar-refractivity contribution in [2.24, 2.45) is 0 Å². The Balaban J connectivity index is 2.10. The zero-order valence-electron chi connectivity index (χ0n) is 16.1. The molecule has 1 aromatic rings. The van der Waals surface area contributed by atoms with Crippen molar-refractivity contribution in [2.75, 3.05) is 52.0 Å². The van der Waals surface area contributed by atoms with Gasteiger partial charge in [0.15, 0.2) is 0 Å². The molecule has 0 N–H and O–H groups in total. The molecule has 0 bridgehead atoms. The normalized spacial score (nSPS) is 23.6. The number of morpholine rings is 1. The molecular formula is C18H28BrN3O4S. The Morgan fingerprint density at radius 2 is 1.96 bits per heavy atom. The van der Waals surface area contributed by atoms with Crippen molar-refractivity contribution in [3.8, 4) is 0 Å². The van der Waals surface area contributed by atoms with Crippen LogP contribution in [-0.4, -0.2) is 70.8 Å². The Morgan fingerprint density at radius 3 is 2.59 bits per heavy atom. The molecule has 0 unspecified atom stereocenters. The summed E-state index contributed by atoms with van der Waals surface area (Å²) in [5, 5.41) is 0. The topological polar surface area (TPSA) is 72.0 Å². The van der Waals surface area contributed by atoms with E-state index in [1.807, 2.05) is 12.1 Å². The highest BCUT2D eigenvalue weighted by atomic mass is 79.9. The van der Waals surface area contributed by atoms with Crippen LogP contribution in [0.25, 0.3) is 0 Å². The van der Waals surface area contributed by atoms with Gasteiger partial charge in [-0.15, -0.1) is 0 Å². The van der Waals surface area contributed by atoms with Crippen molar-refractivity contribution in [1.82, 2.24) is 9.29 Å². The summed E-state index contributed by atoms with van der Waals surface area (Å²) in [6.07, 6.45) is 1.81. The first kappa shape index (κ1) is 21.0. The number of anilines is 1. The van der Waals surface area contributed by atoms with Gasteiger partial charge in [-0.25, -0.2) is 17.7 Å². The number of ether oxygens (including phenoxy) is 2. The van der Waals surface area contributed by atoms with Gasteiger partial charge in [-0.05, 0) is 52.9 Å². The van der Waals surface area contributed by atoms with Crippen LogP contribution < -0.4 is 4.90 Å². The Labute approximate surface area is 170 Å². The molecule has 27 heavy (non-hydrogen) atoms. The lowest BCUT2D eigenvalue weighted by Crippen LogP contribution is -2.48. The monoisotopic (exact) mass is 461 g/mol. The summed E-state index contributed by atoms with van der Waals surface area (Å²) in [7, 11) is -0.344. The molecule has 2 saturated heterocycles. The molecule has 9 heteroatoms. The van der Waals surface area contributed by atoms with Crippen molar-refractivity contribution in [3.05, 3.63) is 22.3 Å². The number of aromatic nitrogens is 1. The van der Waals surface area contributed by atoms with Crippen LogP contribution in [0.3, 0.4) is 0 Å². The molecular weight excluding hydrogens is 434 g/mol. The molecule has 3 rings (SSSR count). The molecule has 152 valence electrons. The summed E-state index contributed by atoms with van der Waals surface area (Å²) >= 11 is 3.51. The molecule has 0 saturated carbocycles. The summed E-state index contributed by atoms with van der Waals surface area (Å²) in [6.45, 7) is 5.04. The quantitative estimate of drug-likeness (QED) is 0.626. The van der Waals surface area contributed by atoms with E-state index in [1.54, 1.807) is 14.1 Å². The second-order valence-electron chi connectivity index (χ2n) is 7.26. The largest absolute Gasteiger partial charge is 0.381 e. The molecule has 0 amide bonds. The van der Waals surface area contributed by atoms with Gasteiger partial charge in [-0.2, -0.15) is 0 Å². The lowest BCUT2D eigenvalue weighted by molar-refractivity contribution is 0.0726. The van der Waals surface area contributed by atoms with E-state index >= 15 is 0 Å². The third-order valence-electron chi connectivity index (χ3n) is 5.57. The van der Waals surface area contributed by atoms with Gasteiger partial charge in [0.25, 0.3) is 0 Å². The Bertz CT molecular complexity index is 766. The van der Waals surface area contributed by atoms with E-state index in [4.69, 9.17) is 9.47 Å². The number of pyridine rings is 1. The van der Waals surface area contributed by atoms with Crippen molar-refractivity contribution in [1.29, 1.82) is 0 Å². The second kappa shape index (κ2) is 8.32. The summed E-state index contributed by atoms with van der Waals surface area (Å²) in [5.41, 5.74) is 0.776. The average Bonchev–Trinajstić information content (AvgIpc) is 2.67. The fraction of sp³-hybridized carbons (Fsp3) is 0.722. The van der Waals surface area contributed by atoms with E-state index in [9.17, 15) is 8.42 Å². The minimum atomic E-state index is -3.54.